The maximum Gasteiger partial charge on any atom is 0.252 e. The molecule has 7 heteroatoms. The van der Waals surface area contributed by atoms with Gasteiger partial charge in [0.25, 0.3) is 5.91 Å². The van der Waals surface area contributed by atoms with Gasteiger partial charge in [-0.15, -0.1) is 0 Å². The SMILES string of the molecule is CCS(=O)(=O)CCNC(=O)c1ccc(F)cc1C#CCN. The first-order chi connectivity index (χ1) is 9.89. The van der Waals surface area contributed by atoms with Crippen molar-refractivity contribution in [3.63, 3.8) is 0 Å². The van der Waals surface area contributed by atoms with E-state index >= 15 is 0 Å². The van der Waals surface area contributed by atoms with Crippen LogP contribution < -0.4 is 11.1 Å². The molecular formula is C14H17FN2O3S. The van der Waals surface area contributed by atoms with E-state index in [9.17, 15) is 17.6 Å². The lowest BCUT2D eigenvalue weighted by molar-refractivity contribution is 0.0956. The molecule has 0 saturated carbocycles. The number of sulfone groups is 1. The Kier molecular flexibility index (Phi) is 6.34. The molecule has 1 aromatic rings. The third kappa shape index (κ3) is 5.53. The molecule has 114 valence electrons. The van der Waals surface area contributed by atoms with E-state index in [0.29, 0.717) is 0 Å². The molecular weight excluding hydrogens is 295 g/mol. The van der Waals surface area contributed by atoms with Gasteiger partial charge >= 0.3 is 0 Å². The van der Waals surface area contributed by atoms with Gasteiger partial charge in [0.1, 0.15) is 5.82 Å². The van der Waals surface area contributed by atoms with Crippen LogP contribution in [0.3, 0.4) is 0 Å². The van der Waals surface area contributed by atoms with Crippen LogP contribution in [0.5, 0.6) is 0 Å². The van der Waals surface area contributed by atoms with E-state index in [4.69, 9.17) is 5.73 Å². The maximum atomic E-state index is 13.2. The molecule has 0 saturated heterocycles. The molecule has 21 heavy (non-hydrogen) atoms. The zero-order valence-electron chi connectivity index (χ0n) is 11.6. The minimum atomic E-state index is -3.15. The van der Waals surface area contributed by atoms with Crippen LogP contribution in [0, 0.1) is 17.7 Å². The van der Waals surface area contributed by atoms with Crippen LogP contribution in [0.1, 0.15) is 22.8 Å². The monoisotopic (exact) mass is 312 g/mol. The first kappa shape index (κ1) is 17.1. The summed E-state index contributed by atoms with van der Waals surface area (Å²) in [6, 6.07) is 3.59. The number of carbonyl (C=O) groups excluding carboxylic acids is 1. The summed E-state index contributed by atoms with van der Waals surface area (Å²) in [5.41, 5.74) is 5.65. The molecule has 0 aliphatic rings. The van der Waals surface area contributed by atoms with Gasteiger partial charge in [-0.05, 0) is 18.2 Å². The number of amides is 1. The molecule has 5 nitrogen and oxygen atoms in total. The quantitative estimate of drug-likeness (QED) is 0.765. The van der Waals surface area contributed by atoms with Gasteiger partial charge in [-0.1, -0.05) is 18.8 Å². The Morgan fingerprint density at radius 2 is 2.14 bits per heavy atom. The van der Waals surface area contributed by atoms with Crippen molar-refractivity contribution < 1.29 is 17.6 Å². The van der Waals surface area contributed by atoms with Crippen LogP contribution in [-0.2, 0) is 9.84 Å². The van der Waals surface area contributed by atoms with E-state index in [-0.39, 0.29) is 35.7 Å². The number of benzene rings is 1. The van der Waals surface area contributed by atoms with E-state index in [1.165, 1.54) is 13.0 Å². The zero-order valence-corrected chi connectivity index (χ0v) is 12.5. The molecule has 1 amide bonds. The normalized spacial score (nSPS) is 10.6. The van der Waals surface area contributed by atoms with E-state index in [1.54, 1.807) is 0 Å². The Balaban J connectivity index is 2.83. The third-order valence-electron chi connectivity index (χ3n) is 2.69. The summed E-state index contributed by atoms with van der Waals surface area (Å²) in [5.74, 6) is 4.04. The molecule has 0 spiro atoms. The maximum absolute atomic E-state index is 13.2. The highest BCUT2D eigenvalue weighted by Gasteiger charge is 2.13. The van der Waals surface area contributed by atoms with Crippen LogP contribution in [0.25, 0.3) is 0 Å². The second kappa shape index (κ2) is 7.76. The molecule has 1 aromatic carbocycles. The average Bonchev–Trinajstić information content (AvgIpc) is 2.44. The number of halogens is 1. The lowest BCUT2D eigenvalue weighted by atomic mass is 10.1. The van der Waals surface area contributed by atoms with Crippen molar-refractivity contribution >= 4 is 15.7 Å². The molecule has 1 rings (SSSR count). The van der Waals surface area contributed by atoms with Crippen molar-refractivity contribution in [3.05, 3.63) is 35.1 Å². The van der Waals surface area contributed by atoms with E-state index in [0.717, 1.165) is 12.1 Å². The lowest BCUT2D eigenvalue weighted by Crippen LogP contribution is -2.30. The summed E-state index contributed by atoms with van der Waals surface area (Å²) >= 11 is 0. The lowest BCUT2D eigenvalue weighted by Gasteiger charge is -2.07. The molecule has 0 aromatic heterocycles. The van der Waals surface area contributed by atoms with Crippen molar-refractivity contribution in [3.8, 4) is 11.8 Å². The van der Waals surface area contributed by atoms with E-state index in [1.807, 2.05) is 0 Å². The predicted octanol–water partition coefficient (Wildman–Crippen LogP) is 0.300. The number of nitrogens with two attached hydrogens (primary N) is 1. The van der Waals surface area contributed by atoms with Crippen LogP contribution in [0.4, 0.5) is 4.39 Å². The number of hydrogen-bond acceptors (Lipinski definition) is 4. The van der Waals surface area contributed by atoms with Gasteiger partial charge in [-0.25, -0.2) is 12.8 Å². The molecule has 0 atom stereocenters. The molecule has 0 bridgehead atoms. The highest BCUT2D eigenvalue weighted by molar-refractivity contribution is 7.91. The summed E-state index contributed by atoms with van der Waals surface area (Å²) in [7, 11) is -3.15. The van der Waals surface area contributed by atoms with Gasteiger partial charge in [0, 0.05) is 17.9 Å². The van der Waals surface area contributed by atoms with Crippen LogP contribution >= 0.6 is 0 Å². The Labute approximate surface area is 123 Å². The van der Waals surface area contributed by atoms with Crippen molar-refractivity contribution in [1.29, 1.82) is 0 Å². The Morgan fingerprint density at radius 1 is 1.43 bits per heavy atom. The van der Waals surface area contributed by atoms with Gasteiger partial charge in [-0.2, -0.15) is 0 Å². The fourth-order valence-electron chi connectivity index (χ4n) is 1.52. The van der Waals surface area contributed by atoms with Crippen molar-refractivity contribution in [2.24, 2.45) is 5.73 Å². The smallest absolute Gasteiger partial charge is 0.252 e. The van der Waals surface area contributed by atoms with Gasteiger partial charge < -0.3 is 11.1 Å². The van der Waals surface area contributed by atoms with E-state index in [2.05, 4.69) is 17.2 Å². The molecule has 0 aliphatic heterocycles. The van der Waals surface area contributed by atoms with Crippen LogP contribution in [0.2, 0.25) is 0 Å². The molecule has 0 fully saturated rings. The Morgan fingerprint density at radius 3 is 2.76 bits per heavy atom. The number of hydrogen-bond donors (Lipinski definition) is 2. The molecule has 0 unspecified atom stereocenters. The zero-order chi connectivity index (χ0) is 15.9. The summed E-state index contributed by atoms with van der Waals surface area (Å²) in [5, 5.41) is 2.49. The molecule has 0 heterocycles. The Hall–Kier alpha value is -1.91. The largest absolute Gasteiger partial charge is 0.351 e. The van der Waals surface area contributed by atoms with Crippen molar-refractivity contribution in [2.45, 2.75) is 6.92 Å². The summed E-state index contributed by atoms with van der Waals surface area (Å²) < 4.78 is 35.8. The topological polar surface area (TPSA) is 89.3 Å². The van der Waals surface area contributed by atoms with E-state index < -0.39 is 21.6 Å². The fraction of sp³-hybridized carbons (Fsp3) is 0.357. The highest BCUT2D eigenvalue weighted by Crippen LogP contribution is 2.10. The minimum absolute atomic E-state index is 0.00383. The second-order valence-electron chi connectivity index (χ2n) is 4.19. The minimum Gasteiger partial charge on any atom is -0.351 e. The van der Waals surface area contributed by atoms with Crippen molar-refractivity contribution in [1.82, 2.24) is 5.32 Å². The van der Waals surface area contributed by atoms with Crippen molar-refractivity contribution in [2.75, 3.05) is 24.6 Å². The third-order valence-corrected chi connectivity index (χ3v) is 4.40. The standard InChI is InChI=1S/C14H17FN2O3S/c1-2-21(19,20)9-8-17-14(18)13-6-5-12(15)10-11(13)4-3-7-16/h5-6,10H,2,7-9,16H2,1H3,(H,17,18). The van der Waals surface area contributed by atoms with Crippen LogP contribution in [-0.4, -0.2) is 38.9 Å². The van der Waals surface area contributed by atoms with Gasteiger partial charge in [0.2, 0.25) is 0 Å². The summed E-state index contributed by atoms with van der Waals surface area (Å²) in [6.07, 6.45) is 0. The first-order valence-electron chi connectivity index (χ1n) is 6.36. The fourth-order valence-corrected chi connectivity index (χ4v) is 2.23. The summed E-state index contributed by atoms with van der Waals surface area (Å²) in [6.45, 7) is 1.63. The summed E-state index contributed by atoms with van der Waals surface area (Å²) in [4.78, 5) is 12.0. The van der Waals surface area contributed by atoms with Gasteiger partial charge in [-0.3, -0.25) is 4.79 Å². The number of carbonyl (C=O) groups is 1. The number of nitrogens with one attached hydrogen (secondary N) is 1. The highest BCUT2D eigenvalue weighted by atomic mass is 32.2. The van der Waals surface area contributed by atoms with Crippen LogP contribution in [0.15, 0.2) is 18.2 Å². The molecule has 0 radical (unpaired) electrons. The first-order valence-corrected chi connectivity index (χ1v) is 8.19. The second-order valence-corrected chi connectivity index (χ2v) is 6.66. The molecule has 3 N–H and O–H groups in total. The van der Waals surface area contributed by atoms with Gasteiger partial charge in [0.15, 0.2) is 9.84 Å². The average molecular weight is 312 g/mol. The Bertz CT molecular complexity index is 675. The predicted molar refractivity (Wildman–Crippen MR) is 79.0 cm³/mol. The molecule has 0 aliphatic carbocycles. The number of rotatable bonds is 5. The van der Waals surface area contributed by atoms with Gasteiger partial charge in [0.05, 0.1) is 17.9 Å².